The minimum Gasteiger partial charge on any atom is -0.272 e. The fraction of sp³-hybridized carbons (Fsp3) is 0.250. The summed E-state index contributed by atoms with van der Waals surface area (Å²) in [6.07, 6.45) is -1.52. The van der Waals surface area contributed by atoms with E-state index in [2.05, 4.69) is 10.5 Å². The van der Waals surface area contributed by atoms with E-state index in [1.54, 1.807) is 24.4 Å². The fourth-order valence-corrected chi connectivity index (χ4v) is 4.87. The van der Waals surface area contributed by atoms with Gasteiger partial charge in [0.05, 0.1) is 18.2 Å². The Labute approximate surface area is 209 Å². The maximum Gasteiger partial charge on any atom is 0.416 e. The van der Waals surface area contributed by atoms with E-state index < -0.39 is 11.7 Å². The Morgan fingerprint density at radius 1 is 1.15 bits per heavy atom. The maximum absolute atomic E-state index is 13.2. The number of hydroxylamine groups is 1. The lowest BCUT2D eigenvalue weighted by Crippen LogP contribution is -2.37. The Hall–Kier alpha value is -2.26. The molecule has 3 aromatic rings. The van der Waals surface area contributed by atoms with E-state index in [1.807, 2.05) is 19.1 Å². The minimum absolute atomic E-state index is 0.209. The molecule has 4 rings (SSSR count). The lowest BCUT2D eigenvalue weighted by molar-refractivity contribution is -0.137. The molecule has 0 spiro atoms. The van der Waals surface area contributed by atoms with E-state index in [1.165, 1.54) is 17.8 Å². The Morgan fingerprint density at radius 3 is 2.71 bits per heavy atom. The summed E-state index contributed by atoms with van der Waals surface area (Å²) in [6, 6.07) is 12.2. The summed E-state index contributed by atoms with van der Waals surface area (Å²) in [5, 5.41) is 1.11. The number of aryl methyl sites for hydroxylation is 1. The van der Waals surface area contributed by atoms with Gasteiger partial charge in [-0.2, -0.15) is 13.2 Å². The van der Waals surface area contributed by atoms with Crippen molar-refractivity contribution < 1.29 is 18.0 Å². The molecule has 0 radical (unpaired) electrons. The standard InChI is InChI=1S/C24H20Cl2F3N3OS/c1-2-17-11-20(22(12-30-17)34-19-5-3-4-15(9-19)24(27,28)29)23-31-18(13-33-32-23)8-14-6-7-16(25)10-21(14)26/h3-7,9-12,18H,2,8,13H2,1H3,(H,31,32). The molecule has 4 nitrogen and oxygen atoms in total. The summed E-state index contributed by atoms with van der Waals surface area (Å²) < 4.78 is 39.5. The van der Waals surface area contributed by atoms with Gasteiger partial charge in [0, 0.05) is 37.3 Å². The molecule has 178 valence electrons. The van der Waals surface area contributed by atoms with Crippen molar-refractivity contribution in [3.63, 3.8) is 0 Å². The monoisotopic (exact) mass is 525 g/mol. The molecule has 0 fully saturated rings. The van der Waals surface area contributed by atoms with E-state index >= 15 is 0 Å². The summed E-state index contributed by atoms with van der Waals surface area (Å²) in [4.78, 5) is 16.0. The number of aromatic nitrogens is 1. The first-order valence-electron chi connectivity index (χ1n) is 10.5. The molecule has 0 amide bonds. The third-order valence-electron chi connectivity index (χ3n) is 5.16. The van der Waals surface area contributed by atoms with Gasteiger partial charge in [-0.15, -0.1) is 0 Å². The van der Waals surface area contributed by atoms with Crippen molar-refractivity contribution in [1.29, 1.82) is 0 Å². The van der Waals surface area contributed by atoms with Gasteiger partial charge in [0.25, 0.3) is 0 Å². The molecule has 1 N–H and O–H groups in total. The number of nitrogens with one attached hydrogen (secondary N) is 1. The summed E-state index contributed by atoms with van der Waals surface area (Å²) in [7, 11) is 0. The van der Waals surface area contributed by atoms with Gasteiger partial charge < -0.3 is 0 Å². The first-order valence-corrected chi connectivity index (χ1v) is 12.0. The number of hydrogen-bond donors (Lipinski definition) is 1. The summed E-state index contributed by atoms with van der Waals surface area (Å²) in [5.41, 5.74) is 4.60. The van der Waals surface area contributed by atoms with E-state index in [4.69, 9.17) is 33.0 Å². The number of benzene rings is 2. The van der Waals surface area contributed by atoms with Crippen LogP contribution in [0.2, 0.25) is 10.0 Å². The number of halogens is 5. The molecular weight excluding hydrogens is 506 g/mol. The van der Waals surface area contributed by atoms with Crippen LogP contribution in [-0.2, 0) is 23.9 Å². The van der Waals surface area contributed by atoms with E-state index in [0.717, 1.165) is 23.4 Å². The molecule has 1 aromatic heterocycles. The van der Waals surface area contributed by atoms with Crippen LogP contribution in [0.3, 0.4) is 0 Å². The van der Waals surface area contributed by atoms with Crippen molar-refractivity contribution in [2.75, 3.05) is 6.61 Å². The molecule has 0 saturated heterocycles. The smallest absolute Gasteiger partial charge is 0.272 e. The molecule has 1 aliphatic heterocycles. The Bertz CT molecular complexity index is 1220. The van der Waals surface area contributed by atoms with Crippen LogP contribution in [0, 0.1) is 0 Å². The van der Waals surface area contributed by atoms with Crippen LogP contribution in [-0.4, -0.2) is 23.5 Å². The number of aliphatic imine (C=N–C) groups is 1. The van der Waals surface area contributed by atoms with E-state index in [0.29, 0.717) is 50.7 Å². The van der Waals surface area contributed by atoms with Crippen LogP contribution in [0.1, 0.15) is 29.3 Å². The normalized spacial score (nSPS) is 16.2. The number of amidine groups is 1. The first kappa shape index (κ1) is 24.9. The van der Waals surface area contributed by atoms with Crippen molar-refractivity contribution in [3.8, 4) is 0 Å². The van der Waals surface area contributed by atoms with Crippen LogP contribution in [0.15, 0.2) is 69.5 Å². The average Bonchev–Trinajstić information content (AvgIpc) is 2.81. The van der Waals surface area contributed by atoms with Gasteiger partial charge in [-0.3, -0.25) is 14.8 Å². The quantitative estimate of drug-likeness (QED) is 0.375. The van der Waals surface area contributed by atoms with Crippen molar-refractivity contribution in [2.45, 2.75) is 41.8 Å². The second-order valence-corrected chi connectivity index (χ2v) is 9.60. The molecule has 1 unspecified atom stereocenters. The predicted octanol–water partition coefficient (Wildman–Crippen LogP) is 7.01. The van der Waals surface area contributed by atoms with Crippen molar-refractivity contribution in [1.82, 2.24) is 10.5 Å². The number of alkyl halides is 3. The SMILES string of the molecule is CCc1cc(C2=NC(Cc3ccc(Cl)cc3Cl)CON2)c(Sc2cccc(C(F)(F)F)c2)cn1. The van der Waals surface area contributed by atoms with E-state index in [-0.39, 0.29) is 6.04 Å². The highest BCUT2D eigenvalue weighted by atomic mass is 35.5. The van der Waals surface area contributed by atoms with Gasteiger partial charge >= 0.3 is 6.18 Å². The second kappa shape index (κ2) is 10.6. The minimum atomic E-state index is -4.41. The molecule has 0 aliphatic carbocycles. The van der Waals surface area contributed by atoms with Gasteiger partial charge in [-0.25, -0.2) is 5.48 Å². The topological polar surface area (TPSA) is 46.5 Å². The zero-order chi connectivity index (χ0) is 24.3. The van der Waals surface area contributed by atoms with Gasteiger partial charge in [0.2, 0.25) is 0 Å². The summed E-state index contributed by atoms with van der Waals surface area (Å²) >= 11 is 13.5. The largest absolute Gasteiger partial charge is 0.416 e. The highest BCUT2D eigenvalue weighted by Crippen LogP contribution is 2.36. The van der Waals surface area contributed by atoms with Gasteiger partial charge in [0.1, 0.15) is 0 Å². The van der Waals surface area contributed by atoms with Crippen molar-refractivity contribution in [2.24, 2.45) is 4.99 Å². The van der Waals surface area contributed by atoms with Crippen molar-refractivity contribution in [3.05, 3.63) is 87.2 Å². The molecule has 1 atom stereocenters. The van der Waals surface area contributed by atoms with Crippen LogP contribution in [0.5, 0.6) is 0 Å². The second-order valence-electron chi connectivity index (χ2n) is 7.64. The fourth-order valence-electron chi connectivity index (χ4n) is 3.43. The molecule has 2 heterocycles. The molecule has 0 saturated carbocycles. The highest BCUT2D eigenvalue weighted by Gasteiger charge is 2.30. The third kappa shape index (κ3) is 6.05. The van der Waals surface area contributed by atoms with Crippen LogP contribution < -0.4 is 5.48 Å². The molecular formula is C24H20Cl2F3N3OS. The number of rotatable bonds is 6. The van der Waals surface area contributed by atoms with Gasteiger partial charge in [0.15, 0.2) is 5.84 Å². The number of pyridine rings is 1. The van der Waals surface area contributed by atoms with E-state index in [9.17, 15) is 13.2 Å². The predicted molar refractivity (Wildman–Crippen MR) is 129 cm³/mol. The maximum atomic E-state index is 13.2. The lowest BCUT2D eigenvalue weighted by Gasteiger charge is -2.23. The zero-order valence-corrected chi connectivity index (χ0v) is 20.3. The average molecular weight is 526 g/mol. The van der Waals surface area contributed by atoms with Gasteiger partial charge in [-0.05, 0) is 54.8 Å². The Kier molecular flexibility index (Phi) is 7.72. The summed E-state index contributed by atoms with van der Waals surface area (Å²) in [6.45, 7) is 2.31. The molecule has 0 bridgehead atoms. The van der Waals surface area contributed by atoms with Crippen molar-refractivity contribution >= 4 is 40.8 Å². The zero-order valence-electron chi connectivity index (χ0n) is 18.0. The van der Waals surface area contributed by atoms with Gasteiger partial charge in [-0.1, -0.05) is 54.0 Å². The third-order valence-corrected chi connectivity index (χ3v) is 6.78. The molecule has 1 aliphatic rings. The van der Waals surface area contributed by atoms with Crippen LogP contribution in [0.25, 0.3) is 0 Å². The summed E-state index contributed by atoms with van der Waals surface area (Å²) in [5.74, 6) is 0.493. The number of nitrogens with zero attached hydrogens (tertiary/aromatic N) is 2. The highest BCUT2D eigenvalue weighted by molar-refractivity contribution is 7.99. The number of hydrogen-bond acceptors (Lipinski definition) is 5. The molecule has 2 aromatic carbocycles. The van der Waals surface area contributed by atoms with Crippen LogP contribution in [0.4, 0.5) is 13.2 Å². The lowest BCUT2D eigenvalue weighted by atomic mass is 10.1. The van der Waals surface area contributed by atoms with Crippen LogP contribution >= 0.6 is 35.0 Å². The Morgan fingerprint density at radius 2 is 1.97 bits per heavy atom. The Balaban J connectivity index is 1.65. The molecule has 10 heteroatoms. The molecule has 34 heavy (non-hydrogen) atoms. The first-order chi connectivity index (χ1) is 16.2.